The van der Waals surface area contributed by atoms with E-state index in [0.717, 1.165) is 6.26 Å². The number of nitrogens with zero attached hydrogens (tertiary/aromatic N) is 1. The maximum absolute atomic E-state index is 12.2. The van der Waals surface area contributed by atoms with Gasteiger partial charge in [0.25, 0.3) is 0 Å². The highest BCUT2D eigenvalue weighted by Gasteiger charge is 2.20. The highest BCUT2D eigenvalue weighted by atomic mass is 35.5. The average Bonchev–Trinajstić information content (AvgIpc) is 2.61. The fourth-order valence-corrected chi connectivity index (χ4v) is 3.94. The molecule has 0 aliphatic heterocycles. The Hall–Kier alpha value is -2.38. The molecule has 0 aliphatic rings. The van der Waals surface area contributed by atoms with E-state index in [0.29, 0.717) is 33.9 Å². The van der Waals surface area contributed by atoms with E-state index >= 15 is 0 Å². The maximum Gasteiger partial charge on any atom is 0.232 e. The van der Waals surface area contributed by atoms with E-state index in [1.807, 2.05) is 0 Å². The molecule has 0 aromatic heterocycles. The van der Waals surface area contributed by atoms with Crippen molar-refractivity contribution in [3.8, 4) is 0 Å². The molecule has 0 spiro atoms. The van der Waals surface area contributed by atoms with Crippen LogP contribution >= 0.6 is 11.6 Å². The highest BCUT2D eigenvalue weighted by Crippen LogP contribution is 2.28. The van der Waals surface area contributed by atoms with Crippen LogP contribution in [0.25, 0.3) is 0 Å². The number of carbonyl (C=O) groups excluding carboxylic acids is 2. The molecule has 150 valence electrons. The van der Waals surface area contributed by atoms with Crippen LogP contribution in [0.3, 0.4) is 0 Å². The second-order valence-corrected chi connectivity index (χ2v) is 8.82. The fourth-order valence-electron chi connectivity index (χ4n) is 2.75. The normalized spacial score (nSPS) is 11.1. The van der Waals surface area contributed by atoms with Gasteiger partial charge in [0, 0.05) is 29.2 Å². The van der Waals surface area contributed by atoms with E-state index < -0.39 is 10.0 Å². The zero-order valence-corrected chi connectivity index (χ0v) is 17.6. The molecule has 1 amide bonds. The lowest BCUT2D eigenvalue weighted by atomic mass is 10.1. The summed E-state index contributed by atoms with van der Waals surface area (Å²) >= 11 is 6.11. The van der Waals surface area contributed by atoms with Crippen LogP contribution in [0.1, 0.15) is 35.7 Å². The molecule has 0 saturated heterocycles. The first-order chi connectivity index (χ1) is 13.1. The maximum atomic E-state index is 12.2. The molecule has 0 aliphatic carbocycles. The lowest BCUT2D eigenvalue weighted by Crippen LogP contribution is -2.32. The Kier molecular flexibility index (Phi) is 7.21. The summed E-state index contributed by atoms with van der Waals surface area (Å²) in [6.07, 6.45) is 1.59. The summed E-state index contributed by atoms with van der Waals surface area (Å²) in [7, 11) is -3.52. The Bertz CT molecular complexity index is 989. The van der Waals surface area contributed by atoms with Gasteiger partial charge in [-0.2, -0.15) is 0 Å². The molecule has 0 atom stereocenters. The molecule has 1 N–H and O–H groups in total. The molecule has 2 aromatic rings. The summed E-state index contributed by atoms with van der Waals surface area (Å²) in [6, 6.07) is 11.8. The molecular formula is C20H23ClN2O4S. The Morgan fingerprint density at radius 3 is 2.46 bits per heavy atom. The zero-order valence-electron chi connectivity index (χ0n) is 16.0. The topological polar surface area (TPSA) is 83.6 Å². The number of nitrogens with one attached hydrogen (secondary N) is 1. The van der Waals surface area contributed by atoms with Crippen LogP contribution in [0, 0.1) is 6.92 Å². The molecule has 0 radical (unpaired) electrons. The third kappa shape index (κ3) is 5.81. The fraction of sp³-hybridized carbons (Fsp3) is 0.300. The summed E-state index contributed by atoms with van der Waals surface area (Å²) < 4.78 is 25.7. The molecule has 6 nitrogen and oxygen atoms in total. The molecule has 0 fully saturated rings. The minimum absolute atomic E-state index is 0.0863. The van der Waals surface area contributed by atoms with E-state index in [1.54, 1.807) is 49.4 Å². The minimum atomic E-state index is -3.52. The molecule has 0 heterocycles. The van der Waals surface area contributed by atoms with Gasteiger partial charge >= 0.3 is 0 Å². The average molecular weight is 423 g/mol. The van der Waals surface area contributed by atoms with Crippen molar-refractivity contribution in [2.45, 2.75) is 26.7 Å². The second kappa shape index (κ2) is 9.21. The van der Waals surface area contributed by atoms with Crippen molar-refractivity contribution in [2.24, 2.45) is 0 Å². The predicted octanol–water partition coefficient (Wildman–Crippen LogP) is 4.04. The van der Waals surface area contributed by atoms with Gasteiger partial charge in [-0.15, -0.1) is 0 Å². The van der Waals surface area contributed by atoms with E-state index in [4.69, 9.17) is 11.6 Å². The van der Waals surface area contributed by atoms with Gasteiger partial charge in [0.15, 0.2) is 5.78 Å². The van der Waals surface area contributed by atoms with Crippen molar-refractivity contribution >= 4 is 44.7 Å². The third-order valence-corrected chi connectivity index (χ3v) is 5.82. The number of benzene rings is 2. The van der Waals surface area contributed by atoms with Crippen LogP contribution < -0.4 is 9.62 Å². The number of Topliss-reactive ketones (excluding diaryl/α,β-unsaturated/α-hetero) is 1. The summed E-state index contributed by atoms with van der Waals surface area (Å²) in [5, 5.41) is 3.21. The van der Waals surface area contributed by atoms with Crippen LogP contribution in [0.15, 0.2) is 42.5 Å². The summed E-state index contributed by atoms with van der Waals surface area (Å²) in [6.45, 7) is 3.37. The van der Waals surface area contributed by atoms with Crippen LogP contribution in [0.2, 0.25) is 5.02 Å². The van der Waals surface area contributed by atoms with Crippen LogP contribution in [-0.2, 0) is 14.8 Å². The summed E-state index contributed by atoms with van der Waals surface area (Å²) in [5.41, 5.74) is 2.21. The first-order valence-electron chi connectivity index (χ1n) is 8.73. The Morgan fingerprint density at radius 1 is 1.14 bits per heavy atom. The van der Waals surface area contributed by atoms with Gasteiger partial charge in [-0.25, -0.2) is 8.42 Å². The van der Waals surface area contributed by atoms with Gasteiger partial charge in [0.05, 0.1) is 11.9 Å². The molecule has 2 aromatic carbocycles. The molecule has 0 unspecified atom stereocenters. The zero-order chi connectivity index (χ0) is 20.9. The molecule has 0 bridgehead atoms. The van der Waals surface area contributed by atoms with Gasteiger partial charge in [0.1, 0.15) is 0 Å². The van der Waals surface area contributed by atoms with Crippen molar-refractivity contribution in [3.63, 3.8) is 0 Å². The number of sulfonamides is 1. The quantitative estimate of drug-likeness (QED) is 0.651. The Labute approximate surface area is 170 Å². The molecule has 2 rings (SSSR count). The lowest BCUT2D eigenvalue weighted by molar-refractivity contribution is -0.116. The lowest BCUT2D eigenvalue weighted by Gasteiger charge is -2.24. The second-order valence-electron chi connectivity index (χ2n) is 6.51. The molecule has 0 saturated carbocycles. The van der Waals surface area contributed by atoms with E-state index in [9.17, 15) is 18.0 Å². The smallest absolute Gasteiger partial charge is 0.232 e. The van der Waals surface area contributed by atoms with Crippen molar-refractivity contribution in [1.29, 1.82) is 0 Å². The number of amides is 1. The minimum Gasteiger partial charge on any atom is -0.326 e. The summed E-state index contributed by atoms with van der Waals surface area (Å²) in [4.78, 5) is 23.6. The van der Waals surface area contributed by atoms with E-state index in [2.05, 4.69) is 5.32 Å². The van der Waals surface area contributed by atoms with Crippen molar-refractivity contribution in [1.82, 2.24) is 0 Å². The number of ketones is 1. The number of hydrogen-bond donors (Lipinski definition) is 1. The number of halogens is 1. The number of carbonyl (C=O) groups is 2. The van der Waals surface area contributed by atoms with Crippen LogP contribution in [-0.4, -0.2) is 32.9 Å². The Balaban J connectivity index is 2.03. The van der Waals surface area contributed by atoms with E-state index in [-0.39, 0.29) is 24.7 Å². The van der Waals surface area contributed by atoms with Gasteiger partial charge in [-0.3, -0.25) is 13.9 Å². The SMILES string of the molecule is CC(=O)c1cccc(NC(=O)CCCN(c2cccc(Cl)c2C)S(C)(=O)=O)c1. The molecule has 8 heteroatoms. The number of hydrogen-bond acceptors (Lipinski definition) is 4. The van der Waals surface area contributed by atoms with Crippen molar-refractivity contribution < 1.29 is 18.0 Å². The van der Waals surface area contributed by atoms with Gasteiger partial charge < -0.3 is 5.32 Å². The van der Waals surface area contributed by atoms with E-state index in [1.165, 1.54) is 11.2 Å². The first-order valence-corrected chi connectivity index (χ1v) is 11.0. The highest BCUT2D eigenvalue weighted by molar-refractivity contribution is 7.92. The largest absolute Gasteiger partial charge is 0.326 e. The third-order valence-electron chi connectivity index (χ3n) is 4.23. The molecular weight excluding hydrogens is 400 g/mol. The van der Waals surface area contributed by atoms with Crippen LogP contribution in [0.5, 0.6) is 0 Å². The molecule has 28 heavy (non-hydrogen) atoms. The standard InChI is InChI=1S/C20H23ClN2O4S/c1-14-18(21)9-5-10-19(14)23(28(3,26)27)12-6-11-20(25)22-17-8-4-7-16(13-17)15(2)24/h4-5,7-10,13H,6,11-12H2,1-3H3,(H,22,25). The predicted molar refractivity (Wildman–Crippen MR) is 113 cm³/mol. The monoisotopic (exact) mass is 422 g/mol. The number of anilines is 2. The van der Waals surface area contributed by atoms with Gasteiger partial charge in [0.2, 0.25) is 15.9 Å². The van der Waals surface area contributed by atoms with Crippen molar-refractivity contribution in [2.75, 3.05) is 22.4 Å². The van der Waals surface area contributed by atoms with Crippen LogP contribution in [0.4, 0.5) is 11.4 Å². The van der Waals surface area contributed by atoms with Gasteiger partial charge in [-0.1, -0.05) is 29.8 Å². The summed E-state index contributed by atoms with van der Waals surface area (Å²) in [5.74, 6) is -0.339. The number of rotatable bonds is 8. The Morgan fingerprint density at radius 2 is 1.82 bits per heavy atom. The van der Waals surface area contributed by atoms with Crippen molar-refractivity contribution in [3.05, 3.63) is 58.6 Å². The van der Waals surface area contributed by atoms with Gasteiger partial charge in [-0.05, 0) is 50.1 Å². The first kappa shape index (κ1) is 21.9.